The second-order valence-corrected chi connectivity index (χ2v) is 11.7. The molecule has 2 aromatic heterocycles. The summed E-state index contributed by atoms with van der Waals surface area (Å²) in [6.45, 7) is 9.95. The van der Waals surface area contributed by atoms with Gasteiger partial charge in [0.05, 0.1) is 29.3 Å². The summed E-state index contributed by atoms with van der Waals surface area (Å²) in [7, 11) is 2.09. The van der Waals surface area contributed by atoms with Gasteiger partial charge >= 0.3 is 0 Å². The molecule has 41 heavy (non-hydrogen) atoms. The van der Waals surface area contributed by atoms with Crippen molar-refractivity contribution in [2.24, 2.45) is 7.05 Å². The van der Waals surface area contributed by atoms with Gasteiger partial charge in [-0.2, -0.15) is 4.57 Å². The highest BCUT2D eigenvalue weighted by Gasteiger charge is 2.33. The summed E-state index contributed by atoms with van der Waals surface area (Å²) in [4.78, 5) is 4.99. The zero-order chi connectivity index (χ0) is 30.3. The first-order valence-corrected chi connectivity index (χ1v) is 14.3. The van der Waals surface area contributed by atoms with Crippen molar-refractivity contribution < 1.29 is 7.31 Å². The lowest BCUT2D eigenvalue weighted by Gasteiger charge is -2.21. The van der Waals surface area contributed by atoms with Crippen LogP contribution in [0.4, 0.5) is 0 Å². The lowest BCUT2D eigenvalue weighted by Crippen LogP contribution is -2.30. The van der Waals surface area contributed by atoms with Gasteiger partial charge in [-0.15, -0.1) is 0 Å². The minimum atomic E-state index is -0.908. The van der Waals surface area contributed by atoms with E-state index in [2.05, 4.69) is 94.7 Å². The number of rotatable bonds is 5. The monoisotopic (exact) mass is 539 g/mol. The highest BCUT2D eigenvalue weighted by Crippen LogP contribution is 2.42. The molecule has 0 radical (unpaired) electrons. The van der Waals surface area contributed by atoms with Crippen LogP contribution in [0.2, 0.25) is 0 Å². The number of benzene rings is 4. The number of aromatic nitrogens is 4. The Morgan fingerprint density at radius 3 is 2.24 bits per heavy atom. The molecule has 0 amide bonds. The van der Waals surface area contributed by atoms with E-state index in [1.807, 2.05) is 52.0 Å². The molecular weight excluding hydrogens is 500 g/mol. The molecule has 4 aromatic carbocycles. The van der Waals surface area contributed by atoms with E-state index in [1.165, 1.54) is 22.4 Å². The number of hydrogen-bond acceptors (Lipinski definition) is 1. The third-order valence-electron chi connectivity index (χ3n) is 8.46. The quantitative estimate of drug-likeness (QED) is 0.202. The Labute approximate surface area is 245 Å². The van der Waals surface area contributed by atoms with E-state index in [4.69, 9.17) is 4.98 Å². The minimum absolute atomic E-state index is 0.743. The number of aryl methyl sites for hydroxylation is 2. The van der Waals surface area contributed by atoms with Crippen LogP contribution in [0.1, 0.15) is 70.3 Å². The van der Waals surface area contributed by atoms with Crippen LogP contribution >= 0.6 is 0 Å². The van der Waals surface area contributed by atoms with Gasteiger partial charge in [-0.25, -0.2) is 9.55 Å². The molecule has 0 fully saturated rings. The maximum atomic E-state index is 9.32. The standard InChI is InChI=1S/C37H37N4/c1-23(2)28-20-27(26-12-8-7-9-13-26)21-29(24(3)4)36(28)40-19-18-39(6)37(40)35-25(5)16-17-32-30(35)22-34-38-31-14-10-11-15-33(31)41(32)34/h7-21,23-24H,22H2,1-6H3/q+1/i23D,24D. The largest absolute Gasteiger partial charge is 0.296 e. The Kier molecular flexibility index (Phi) is 5.44. The number of fused-ring (bicyclic) bond motifs is 5. The van der Waals surface area contributed by atoms with Gasteiger partial charge in [0.2, 0.25) is 0 Å². The summed E-state index contributed by atoms with van der Waals surface area (Å²) >= 11 is 0. The molecule has 0 saturated carbocycles. The average Bonchev–Trinajstić information content (AvgIpc) is 3.63. The molecule has 204 valence electrons. The van der Waals surface area contributed by atoms with Crippen LogP contribution in [-0.2, 0) is 13.5 Å². The van der Waals surface area contributed by atoms with Crippen molar-refractivity contribution in [3.05, 3.63) is 119 Å². The van der Waals surface area contributed by atoms with Crippen molar-refractivity contribution >= 4 is 11.0 Å². The van der Waals surface area contributed by atoms with Crippen LogP contribution < -0.4 is 4.57 Å². The number of para-hydroxylation sites is 2. The predicted octanol–water partition coefficient (Wildman–Crippen LogP) is 8.43. The zero-order valence-electron chi connectivity index (χ0n) is 26.7. The first-order valence-electron chi connectivity index (χ1n) is 15.3. The zero-order valence-corrected chi connectivity index (χ0v) is 24.7. The maximum Gasteiger partial charge on any atom is 0.294 e. The molecule has 0 spiro atoms. The second kappa shape index (κ2) is 9.59. The Hall–Kier alpha value is -4.44. The number of nitrogens with zero attached hydrogens (tertiary/aromatic N) is 4. The summed E-state index contributed by atoms with van der Waals surface area (Å²) in [5.41, 5.74) is 11.7. The van der Waals surface area contributed by atoms with Crippen molar-refractivity contribution in [2.75, 3.05) is 0 Å². The third-order valence-corrected chi connectivity index (χ3v) is 8.46. The Morgan fingerprint density at radius 1 is 0.854 bits per heavy atom. The molecule has 0 atom stereocenters. The highest BCUT2D eigenvalue weighted by molar-refractivity contribution is 5.83. The van der Waals surface area contributed by atoms with Crippen LogP contribution in [0.3, 0.4) is 0 Å². The van der Waals surface area contributed by atoms with Crippen LogP contribution in [0.25, 0.3) is 44.9 Å². The molecule has 6 aromatic rings. The van der Waals surface area contributed by atoms with Crippen molar-refractivity contribution in [2.45, 2.75) is 52.8 Å². The van der Waals surface area contributed by atoms with Gasteiger partial charge in [0, 0.05) is 20.3 Å². The molecular formula is C37H37N4+. The van der Waals surface area contributed by atoms with Gasteiger partial charge in [0.25, 0.3) is 5.82 Å². The third kappa shape index (κ3) is 3.96. The Bertz CT molecular complexity index is 2000. The van der Waals surface area contributed by atoms with E-state index in [-0.39, 0.29) is 0 Å². The summed E-state index contributed by atoms with van der Waals surface area (Å²) in [5.74, 6) is 0.273. The first kappa shape index (κ1) is 23.3. The molecule has 0 bridgehead atoms. The van der Waals surface area contributed by atoms with E-state index in [1.54, 1.807) is 0 Å². The SMILES string of the molecule is [2H]C(C)(C)c1cc(-c2ccccc2)cc(C([2H])(C)C)c1-n1cc[n+](C)c1-c1c(C)ccc2c1Cc1nc3ccccc3n1-2. The molecule has 0 saturated heterocycles. The van der Waals surface area contributed by atoms with Gasteiger partial charge in [-0.1, -0.05) is 76.2 Å². The molecule has 0 unspecified atom stereocenters. The first-order chi connectivity index (χ1) is 20.4. The second-order valence-electron chi connectivity index (χ2n) is 11.7. The summed E-state index contributed by atoms with van der Waals surface area (Å²) < 4.78 is 25.3. The Balaban J connectivity index is 1.52. The smallest absolute Gasteiger partial charge is 0.294 e. The van der Waals surface area contributed by atoms with E-state index in [9.17, 15) is 2.74 Å². The van der Waals surface area contributed by atoms with Crippen LogP contribution in [0, 0.1) is 6.92 Å². The molecule has 0 N–H and O–H groups in total. The predicted molar refractivity (Wildman–Crippen MR) is 168 cm³/mol. The van der Waals surface area contributed by atoms with Gasteiger partial charge in [0.15, 0.2) is 0 Å². The fourth-order valence-electron chi connectivity index (χ4n) is 6.48. The van der Waals surface area contributed by atoms with Crippen LogP contribution in [0.5, 0.6) is 0 Å². The minimum Gasteiger partial charge on any atom is -0.296 e. The molecule has 1 aliphatic rings. The molecule has 4 nitrogen and oxygen atoms in total. The van der Waals surface area contributed by atoms with Gasteiger partial charge in [0.1, 0.15) is 23.9 Å². The van der Waals surface area contributed by atoms with E-state index < -0.39 is 11.8 Å². The summed E-state index contributed by atoms with van der Waals surface area (Å²) in [5, 5.41) is 0. The van der Waals surface area contributed by atoms with Gasteiger partial charge in [-0.05, 0) is 71.3 Å². The van der Waals surface area contributed by atoms with E-state index >= 15 is 0 Å². The molecule has 7 rings (SSSR count). The highest BCUT2D eigenvalue weighted by atomic mass is 15.2. The molecule has 3 heterocycles. The normalized spacial score (nSPS) is 13.7. The lowest BCUT2D eigenvalue weighted by atomic mass is 9.88. The number of hydrogen-bond donors (Lipinski definition) is 0. The Morgan fingerprint density at radius 2 is 1.54 bits per heavy atom. The van der Waals surface area contributed by atoms with Crippen molar-refractivity contribution in [3.63, 3.8) is 0 Å². The fourth-order valence-corrected chi connectivity index (χ4v) is 6.48. The van der Waals surface area contributed by atoms with Crippen LogP contribution in [0.15, 0.2) is 91.3 Å². The molecule has 0 aliphatic carbocycles. The fraction of sp³-hybridized carbons (Fsp3) is 0.243. The molecule has 4 heteroatoms. The topological polar surface area (TPSA) is 26.6 Å². The maximum absolute atomic E-state index is 9.32. The lowest BCUT2D eigenvalue weighted by molar-refractivity contribution is -0.659. The van der Waals surface area contributed by atoms with Crippen molar-refractivity contribution in [1.82, 2.24) is 14.1 Å². The van der Waals surface area contributed by atoms with E-state index in [0.29, 0.717) is 0 Å². The van der Waals surface area contributed by atoms with Gasteiger partial charge < -0.3 is 0 Å². The summed E-state index contributed by atoms with van der Waals surface area (Å²) in [6.07, 6.45) is 4.93. The van der Waals surface area contributed by atoms with E-state index in [0.717, 1.165) is 57.0 Å². The van der Waals surface area contributed by atoms with Crippen LogP contribution in [-0.4, -0.2) is 14.1 Å². The van der Waals surface area contributed by atoms with Crippen molar-refractivity contribution in [3.8, 4) is 33.9 Å². The summed E-state index contributed by atoms with van der Waals surface area (Å²) in [6, 6.07) is 27.4. The van der Waals surface area contributed by atoms with Gasteiger partial charge in [-0.3, -0.25) is 4.57 Å². The number of imidazole rings is 2. The average molecular weight is 540 g/mol. The van der Waals surface area contributed by atoms with Crippen molar-refractivity contribution in [1.29, 1.82) is 0 Å². The molecule has 1 aliphatic heterocycles.